The van der Waals surface area contributed by atoms with Crippen LogP contribution in [-0.2, 0) is 9.53 Å². The number of esters is 1. The largest absolute Gasteiger partial charge is 0.460 e. The van der Waals surface area contributed by atoms with Gasteiger partial charge in [0.15, 0.2) is 0 Å². The maximum absolute atomic E-state index is 11.7. The Morgan fingerprint density at radius 2 is 1.60 bits per heavy atom. The molecule has 0 atom stereocenters. The lowest BCUT2D eigenvalue weighted by molar-refractivity contribution is -0.157. The van der Waals surface area contributed by atoms with E-state index >= 15 is 0 Å². The monoisotopic (exact) mass is 212 g/mol. The average molecular weight is 212 g/mol. The SMILES string of the molecule is CC(C)(C)OC(=O)CC1(C(C)(C)C)CC1. The highest BCUT2D eigenvalue weighted by Gasteiger charge is 2.53. The molecule has 15 heavy (non-hydrogen) atoms. The Morgan fingerprint density at radius 1 is 1.13 bits per heavy atom. The first-order valence-electron chi connectivity index (χ1n) is 5.78. The van der Waals surface area contributed by atoms with Gasteiger partial charge < -0.3 is 4.74 Å². The molecule has 2 nitrogen and oxygen atoms in total. The van der Waals surface area contributed by atoms with Crippen molar-refractivity contribution in [2.24, 2.45) is 10.8 Å². The van der Waals surface area contributed by atoms with Crippen molar-refractivity contribution in [1.29, 1.82) is 0 Å². The van der Waals surface area contributed by atoms with E-state index in [1.807, 2.05) is 20.8 Å². The van der Waals surface area contributed by atoms with E-state index in [1.165, 1.54) is 0 Å². The maximum Gasteiger partial charge on any atom is 0.306 e. The zero-order valence-corrected chi connectivity index (χ0v) is 10.9. The minimum Gasteiger partial charge on any atom is -0.460 e. The molecule has 0 spiro atoms. The molecule has 2 heteroatoms. The van der Waals surface area contributed by atoms with Crippen LogP contribution in [0.1, 0.15) is 60.8 Å². The zero-order chi connectivity index (χ0) is 11.9. The topological polar surface area (TPSA) is 26.3 Å². The van der Waals surface area contributed by atoms with Crippen LogP contribution in [0.25, 0.3) is 0 Å². The summed E-state index contributed by atoms with van der Waals surface area (Å²) < 4.78 is 5.37. The molecule has 0 heterocycles. The van der Waals surface area contributed by atoms with Gasteiger partial charge in [-0.25, -0.2) is 0 Å². The van der Waals surface area contributed by atoms with Crippen molar-refractivity contribution < 1.29 is 9.53 Å². The molecule has 0 aliphatic heterocycles. The summed E-state index contributed by atoms with van der Waals surface area (Å²) in [6, 6.07) is 0. The van der Waals surface area contributed by atoms with Gasteiger partial charge in [-0.3, -0.25) is 4.79 Å². The van der Waals surface area contributed by atoms with E-state index < -0.39 is 0 Å². The molecular formula is C13H24O2. The molecule has 1 aliphatic carbocycles. The molecule has 0 amide bonds. The summed E-state index contributed by atoms with van der Waals surface area (Å²) in [5.74, 6) is -0.0464. The van der Waals surface area contributed by atoms with Crippen LogP contribution < -0.4 is 0 Å². The van der Waals surface area contributed by atoms with E-state index in [0.717, 1.165) is 12.8 Å². The standard InChI is InChI=1S/C13H24O2/c1-11(2,3)13(7-8-13)9-10(14)15-12(4,5)6/h7-9H2,1-6H3. The Bertz CT molecular complexity index is 249. The first kappa shape index (κ1) is 12.5. The van der Waals surface area contributed by atoms with Crippen LogP contribution in [-0.4, -0.2) is 11.6 Å². The van der Waals surface area contributed by atoms with Gasteiger partial charge in [0.25, 0.3) is 0 Å². The summed E-state index contributed by atoms with van der Waals surface area (Å²) >= 11 is 0. The fourth-order valence-corrected chi connectivity index (χ4v) is 2.00. The van der Waals surface area contributed by atoms with E-state index in [1.54, 1.807) is 0 Å². The maximum atomic E-state index is 11.7. The molecule has 0 N–H and O–H groups in total. The second-order valence-electron chi connectivity index (χ2n) is 6.79. The second kappa shape index (κ2) is 3.50. The smallest absolute Gasteiger partial charge is 0.306 e. The molecule has 0 saturated heterocycles. The Kier molecular flexibility index (Phi) is 2.92. The van der Waals surface area contributed by atoms with E-state index in [0.29, 0.717) is 6.42 Å². The number of hydrogen-bond donors (Lipinski definition) is 0. The van der Waals surface area contributed by atoms with E-state index in [-0.39, 0.29) is 22.4 Å². The van der Waals surface area contributed by atoms with E-state index in [4.69, 9.17) is 4.74 Å². The fourth-order valence-electron chi connectivity index (χ4n) is 2.00. The average Bonchev–Trinajstić information content (AvgIpc) is 2.61. The van der Waals surface area contributed by atoms with Crippen molar-refractivity contribution in [2.75, 3.05) is 0 Å². The summed E-state index contributed by atoms with van der Waals surface area (Å²) in [5, 5.41) is 0. The van der Waals surface area contributed by atoms with Gasteiger partial charge in [0.05, 0.1) is 6.42 Å². The molecule has 0 bridgehead atoms. The highest BCUT2D eigenvalue weighted by atomic mass is 16.6. The number of carbonyl (C=O) groups is 1. The van der Waals surface area contributed by atoms with Crippen LogP contribution in [0.4, 0.5) is 0 Å². The first-order valence-corrected chi connectivity index (χ1v) is 5.78. The highest BCUT2D eigenvalue weighted by molar-refractivity contribution is 5.71. The summed E-state index contributed by atoms with van der Waals surface area (Å²) in [6.45, 7) is 12.4. The molecule has 88 valence electrons. The molecule has 1 aliphatic rings. The quantitative estimate of drug-likeness (QED) is 0.654. The zero-order valence-electron chi connectivity index (χ0n) is 10.9. The summed E-state index contributed by atoms with van der Waals surface area (Å²) in [5.41, 5.74) is 0.0598. The van der Waals surface area contributed by atoms with Gasteiger partial charge in [-0.1, -0.05) is 20.8 Å². The lowest BCUT2D eigenvalue weighted by Crippen LogP contribution is -2.30. The lowest BCUT2D eigenvalue weighted by atomic mass is 9.75. The number of rotatable bonds is 2. The van der Waals surface area contributed by atoms with Crippen LogP contribution >= 0.6 is 0 Å². The third-order valence-electron chi connectivity index (χ3n) is 3.35. The summed E-state index contributed by atoms with van der Waals surface area (Å²) in [6.07, 6.45) is 2.90. The minimum absolute atomic E-state index is 0.0464. The van der Waals surface area contributed by atoms with Gasteiger partial charge in [0, 0.05) is 0 Å². The van der Waals surface area contributed by atoms with Crippen molar-refractivity contribution in [1.82, 2.24) is 0 Å². The molecule has 1 rings (SSSR count). The normalized spacial score (nSPS) is 19.9. The Labute approximate surface area is 93.4 Å². The molecule has 1 saturated carbocycles. The van der Waals surface area contributed by atoms with Crippen LogP contribution in [0.15, 0.2) is 0 Å². The Morgan fingerprint density at radius 3 is 1.87 bits per heavy atom. The molecule has 0 aromatic heterocycles. The first-order chi connectivity index (χ1) is 6.56. The number of hydrogen-bond acceptors (Lipinski definition) is 2. The van der Waals surface area contributed by atoms with Gasteiger partial charge in [0.1, 0.15) is 5.60 Å². The molecule has 0 radical (unpaired) electrons. The highest BCUT2D eigenvalue weighted by Crippen LogP contribution is 2.60. The molecular weight excluding hydrogens is 188 g/mol. The van der Waals surface area contributed by atoms with Gasteiger partial charge >= 0.3 is 5.97 Å². The third-order valence-corrected chi connectivity index (χ3v) is 3.35. The molecule has 1 fully saturated rings. The molecule has 0 unspecified atom stereocenters. The van der Waals surface area contributed by atoms with Gasteiger partial charge in [-0.15, -0.1) is 0 Å². The Balaban J connectivity index is 2.53. The van der Waals surface area contributed by atoms with Crippen molar-refractivity contribution in [2.45, 2.75) is 66.4 Å². The van der Waals surface area contributed by atoms with E-state index in [2.05, 4.69) is 20.8 Å². The fraction of sp³-hybridized carbons (Fsp3) is 0.923. The van der Waals surface area contributed by atoms with Crippen LogP contribution in [0.3, 0.4) is 0 Å². The number of carbonyl (C=O) groups excluding carboxylic acids is 1. The van der Waals surface area contributed by atoms with Crippen molar-refractivity contribution in [3.8, 4) is 0 Å². The summed E-state index contributed by atoms with van der Waals surface area (Å²) in [7, 11) is 0. The van der Waals surface area contributed by atoms with Crippen LogP contribution in [0.2, 0.25) is 0 Å². The van der Waals surface area contributed by atoms with Crippen LogP contribution in [0, 0.1) is 10.8 Å². The van der Waals surface area contributed by atoms with Crippen molar-refractivity contribution >= 4 is 5.97 Å². The summed E-state index contributed by atoms with van der Waals surface area (Å²) in [4.78, 5) is 11.7. The third kappa shape index (κ3) is 3.22. The lowest BCUT2D eigenvalue weighted by Gasteiger charge is -2.31. The molecule has 0 aromatic carbocycles. The molecule has 0 aromatic rings. The van der Waals surface area contributed by atoms with Crippen molar-refractivity contribution in [3.05, 3.63) is 0 Å². The number of ether oxygens (including phenoxy) is 1. The minimum atomic E-state index is -0.356. The second-order valence-corrected chi connectivity index (χ2v) is 6.79. The van der Waals surface area contributed by atoms with E-state index in [9.17, 15) is 4.79 Å². The van der Waals surface area contributed by atoms with Crippen molar-refractivity contribution in [3.63, 3.8) is 0 Å². The van der Waals surface area contributed by atoms with Gasteiger partial charge in [0.2, 0.25) is 0 Å². The van der Waals surface area contributed by atoms with Gasteiger partial charge in [-0.05, 0) is 44.4 Å². The Hall–Kier alpha value is -0.530. The predicted octanol–water partition coefficient (Wildman–Crippen LogP) is 3.54. The van der Waals surface area contributed by atoms with Gasteiger partial charge in [-0.2, -0.15) is 0 Å². The predicted molar refractivity (Wildman–Crippen MR) is 61.6 cm³/mol. The van der Waals surface area contributed by atoms with Crippen LogP contribution in [0.5, 0.6) is 0 Å².